The minimum atomic E-state index is -3.67. The van der Waals surface area contributed by atoms with Crippen molar-refractivity contribution in [1.82, 2.24) is 0 Å². The lowest BCUT2D eigenvalue weighted by atomic mass is 9.93. The van der Waals surface area contributed by atoms with Crippen LogP contribution < -0.4 is 4.70 Å². The van der Waals surface area contributed by atoms with Crippen LogP contribution in [0.15, 0.2) is 103 Å². The third kappa shape index (κ3) is 6.58. The van der Waals surface area contributed by atoms with E-state index in [2.05, 4.69) is 72.8 Å². The minimum absolute atomic E-state index is 0. The largest absolute Gasteiger partial charge is 1.00 e. The first-order chi connectivity index (χ1) is 14.6. The van der Waals surface area contributed by atoms with Crippen molar-refractivity contribution in [2.75, 3.05) is 0 Å². The molecule has 0 spiro atoms. The van der Waals surface area contributed by atoms with E-state index in [-0.39, 0.29) is 4.70 Å². The van der Waals surface area contributed by atoms with E-state index in [0.29, 0.717) is 5.56 Å². The fourth-order valence-corrected chi connectivity index (χ4v) is 3.13. The van der Waals surface area contributed by atoms with Gasteiger partial charge in [-0.15, -0.1) is 0 Å². The Morgan fingerprint density at radius 3 is 1.16 bits per heavy atom. The van der Waals surface area contributed by atoms with Crippen LogP contribution in [-0.2, 0) is 0 Å². The van der Waals surface area contributed by atoms with Crippen molar-refractivity contribution in [2.45, 2.75) is 0 Å². The van der Waals surface area contributed by atoms with Crippen LogP contribution in [0.5, 0.6) is 0 Å². The van der Waals surface area contributed by atoms with E-state index in [1.807, 2.05) is 36.4 Å². The van der Waals surface area contributed by atoms with Crippen LogP contribution in [-0.4, -0.2) is 7.54 Å². The Morgan fingerprint density at radius 1 is 0.516 bits per heavy atom. The Labute approximate surface area is 179 Å². The lowest BCUT2D eigenvalue weighted by molar-refractivity contribution is -0.00000881. The van der Waals surface area contributed by atoms with Crippen LogP contribution in [0.25, 0.3) is 33.4 Å². The van der Waals surface area contributed by atoms with Gasteiger partial charge >= 0.3 is 7.54 Å². The second-order valence-corrected chi connectivity index (χ2v) is 6.47. The van der Waals surface area contributed by atoms with Crippen LogP contribution >= 0.6 is 0 Å². The molecule has 0 saturated heterocycles. The molecule has 0 N–H and O–H groups in total. The van der Waals surface area contributed by atoms with Gasteiger partial charge in [0.25, 0.3) is 0 Å². The summed E-state index contributed by atoms with van der Waals surface area (Å²) in [4.78, 5) is 0. The molecule has 0 unspecified atom stereocenters. The first-order valence-electron chi connectivity index (χ1n) is 9.25. The Bertz CT molecular complexity index is 1070. The van der Waals surface area contributed by atoms with Gasteiger partial charge in [-0.3, -0.25) is 12.9 Å². The van der Waals surface area contributed by atoms with Crippen LogP contribution in [0.4, 0.5) is 12.9 Å². The van der Waals surface area contributed by atoms with Crippen LogP contribution in [0.1, 0.15) is 5.56 Å². The van der Waals surface area contributed by atoms with Gasteiger partial charge in [0, 0.05) is 0 Å². The highest BCUT2D eigenvalue weighted by Crippen LogP contribution is 2.32. The van der Waals surface area contributed by atoms with Gasteiger partial charge in [-0.05, 0) is 63.7 Å². The van der Waals surface area contributed by atoms with E-state index in [4.69, 9.17) is 5.26 Å². The smallest absolute Gasteiger partial charge is 0.762 e. The monoisotopic (exact) mass is 418 g/mol. The molecule has 0 aliphatic rings. The minimum Gasteiger partial charge on any atom is -1.00 e. The zero-order valence-electron chi connectivity index (χ0n) is 16.4. The van der Waals surface area contributed by atoms with Crippen molar-refractivity contribution in [3.63, 3.8) is 0 Å². The molecule has 1 nitrogen and oxygen atoms in total. The molecule has 0 heterocycles. The molecule has 0 fully saturated rings. The molecule has 154 valence electrons. The van der Waals surface area contributed by atoms with E-state index >= 15 is 0 Å². The van der Waals surface area contributed by atoms with Crippen LogP contribution in [0, 0.1) is 11.3 Å². The summed E-state index contributed by atoms with van der Waals surface area (Å²) in [6, 6.07) is 37.4. The highest BCUT2D eigenvalue weighted by atomic mass is 19.4. The van der Waals surface area contributed by atoms with Gasteiger partial charge in [-0.25, -0.2) is 0 Å². The number of nitriles is 1. The third-order valence-electron chi connectivity index (χ3n) is 4.49. The number of benzene rings is 4. The first kappa shape index (κ1) is 23.4. The normalized spacial score (nSPS) is 9.48. The SMILES string of the molecule is FB(F)F.N#Cc1ccc(-c2cc(-c3ccccc3)cc(-c3ccccc3)c2)cc1.[F-]. The van der Waals surface area contributed by atoms with Gasteiger partial charge in [0.05, 0.1) is 11.6 Å². The lowest BCUT2D eigenvalue weighted by Gasteiger charge is -2.11. The molecule has 4 rings (SSSR count). The summed E-state index contributed by atoms with van der Waals surface area (Å²) in [6.45, 7) is 0. The molecule has 0 amide bonds. The van der Waals surface area contributed by atoms with Crippen molar-refractivity contribution in [3.8, 4) is 39.4 Å². The lowest BCUT2D eigenvalue weighted by Crippen LogP contribution is -3.00. The van der Waals surface area contributed by atoms with Crippen molar-refractivity contribution < 1.29 is 17.7 Å². The molecule has 0 radical (unpaired) electrons. The second kappa shape index (κ2) is 11.4. The maximum atomic E-state index is 9.67. The molecule has 0 atom stereocenters. The standard InChI is InChI=1S/C25H17N.BF3.FH/c26-18-19-11-13-22(14-12-19)25-16-23(20-7-3-1-4-8-20)15-24(17-25)21-9-5-2-6-10-21;2-1(3)4;/h1-17H;;1H/p-1. The molecule has 0 aromatic heterocycles. The highest BCUT2D eigenvalue weighted by Gasteiger charge is 2.07. The fraction of sp³-hybridized carbons (Fsp3) is 0. The average molecular weight is 418 g/mol. The van der Waals surface area contributed by atoms with Gasteiger partial charge in [0.1, 0.15) is 0 Å². The Hall–Kier alpha value is -3.85. The molecule has 0 aliphatic carbocycles. The van der Waals surface area contributed by atoms with Crippen LogP contribution in [0.3, 0.4) is 0 Å². The topological polar surface area (TPSA) is 23.8 Å². The van der Waals surface area contributed by atoms with Gasteiger partial charge < -0.3 is 4.70 Å². The molecule has 0 saturated carbocycles. The zero-order valence-corrected chi connectivity index (χ0v) is 16.4. The van der Waals surface area contributed by atoms with Crippen molar-refractivity contribution in [2.24, 2.45) is 0 Å². The van der Waals surface area contributed by atoms with E-state index in [1.54, 1.807) is 0 Å². The predicted molar refractivity (Wildman–Crippen MR) is 117 cm³/mol. The summed E-state index contributed by atoms with van der Waals surface area (Å²) in [7, 11) is -3.67. The van der Waals surface area contributed by atoms with Gasteiger partial charge in [0.15, 0.2) is 0 Å². The Morgan fingerprint density at radius 2 is 0.839 bits per heavy atom. The number of hydrogen-bond donors (Lipinski definition) is 0. The molecule has 31 heavy (non-hydrogen) atoms. The number of nitrogens with zero attached hydrogens (tertiary/aromatic N) is 1. The number of hydrogen-bond acceptors (Lipinski definition) is 1. The van der Waals surface area contributed by atoms with Crippen molar-refractivity contribution in [3.05, 3.63) is 109 Å². The fourth-order valence-electron chi connectivity index (χ4n) is 3.13. The van der Waals surface area contributed by atoms with Gasteiger partial charge in [0.2, 0.25) is 0 Å². The maximum Gasteiger partial charge on any atom is 0.762 e. The maximum absolute atomic E-state index is 9.67. The highest BCUT2D eigenvalue weighted by molar-refractivity contribution is 6.33. The molecule has 0 aliphatic heterocycles. The molecular weight excluding hydrogens is 401 g/mol. The summed E-state index contributed by atoms with van der Waals surface area (Å²) in [6.07, 6.45) is 0. The first-order valence-corrected chi connectivity index (χ1v) is 9.25. The van der Waals surface area contributed by atoms with E-state index in [9.17, 15) is 12.9 Å². The Kier molecular flexibility index (Phi) is 8.59. The molecule has 4 aromatic carbocycles. The predicted octanol–water partition coefficient (Wildman–Crippen LogP) is 4.44. The van der Waals surface area contributed by atoms with Gasteiger partial charge in [-0.2, -0.15) is 5.26 Å². The quantitative estimate of drug-likeness (QED) is 0.357. The number of halogens is 4. The van der Waals surface area contributed by atoms with E-state index in [0.717, 1.165) is 11.1 Å². The third-order valence-corrected chi connectivity index (χ3v) is 4.49. The Balaban J connectivity index is 0.000000631. The summed E-state index contributed by atoms with van der Waals surface area (Å²) < 4.78 is 29.0. The summed E-state index contributed by atoms with van der Waals surface area (Å²) in [5.41, 5.74) is 7.70. The summed E-state index contributed by atoms with van der Waals surface area (Å²) in [5.74, 6) is 0. The van der Waals surface area contributed by atoms with E-state index in [1.165, 1.54) is 22.3 Å². The molecular formula is C25H17BF4N-. The average Bonchev–Trinajstić information content (AvgIpc) is 2.80. The van der Waals surface area contributed by atoms with Crippen LogP contribution in [0.2, 0.25) is 0 Å². The van der Waals surface area contributed by atoms with Crippen molar-refractivity contribution >= 4 is 7.54 Å². The molecule has 0 bridgehead atoms. The van der Waals surface area contributed by atoms with E-state index < -0.39 is 7.54 Å². The second-order valence-electron chi connectivity index (χ2n) is 6.47. The van der Waals surface area contributed by atoms with Gasteiger partial charge in [-0.1, -0.05) is 72.8 Å². The number of rotatable bonds is 3. The summed E-state index contributed by atoms with van der Waals surface area (Å²) >= 11 is 0. The van der Waals surface area contributed by atoms with Crippen molar-refractivity contribution in [1.29, 1.82) is 5.26 Å². The molecule has 6 heteroatoms. The summed E-state index contributed by atoms with van der Waals surface area (Å²) in [5, 5.41) is 9.03. The zero-order chi connectivity index (χ0) is 21.3. The molecule has 4 aromatic rings.